The molecule has 0 spiro atoms. The number of imidazole rings is 1. The third kappa shape index (κ3) is 4.29. The van der Waals surface area contributed by atoms with E-state index in [1.807, 2.05) is 12.1 Å². The highest BCUT2D eigenvalue weighted by Crippen LogP contribution is 2.24. The molecule has 0 saturated carbocycles. The van der Waals surface area contributed by atoms with Crippen molar-refractivity contribution in [2.45, 2.75) is 18.4 Å². The van der Waals surface area contributed by atoms with Crippen LogP contribution in [-0.4, -0.2) is 65.4 Å². The number of hydrogen-bond acceptors (Lipinski definition) is 6. The highest BCUT2D eigenvalue weighted by molar-refractivity contribution is 7.89. The minimum absolute atomic E-state index is 0.286. The predicted molar refractivity (Wildman–Crippen MR) is 131 cm³/mol. The monoisotopic (exact) mass is 477 g/mol. The van der Waals surface area contributed by atoms with Crippen LogP contribution in [0.4, 0.5) is 0 Å². The summed E-state index contributed by atoms with van der Waals surface area (Å²) in [6, 6.07) is 18.7. The Hall–Kier alpha value is -3.27. The second kappa shape index (κ2) is 9.17. The van der Waals surface area contributed by atoms with E-state index in [0.717, 1.165) is 22.7 Å². The van der Waals surface area contributed by atoms with E-state index < -0.39 is 10.0 Å². The summed E-state index contributed by atoms with van der Waals surface area (Å²) in [6.07, 6.45) is 1.78. The van der Waals surface area contributed by atoms with Gasteiger partial charge in [-0.1, -0.05) is 17.7 Å². The van der Waals surface area contributed by atoms with Crippen molar-refractivity contribution in [1.82, 2.24) is 23.7 Å². The summed E-state index contributed by atoms with van der Waals surface area (Å²) >= 11 is 0. The number of benzene rings is 2. The lowest BCUT2D eigenvalue weighted by Gasteiger charge is -2.33. The average molecular weight is 478 g/mol. The number of aryl methyl sites for hydroxylation is 1. The number of nitrogens with zero attached hydrogens (tertiary/aromatic N) is 5. The van der Waals surface area contributed by atoms with Crippen molar-refractivity contribution < 1.29 is 13.2 Å². The summed E-state index contributed by atoms with van der Waals surface area (Å²) in [6.45, 7) is 4.78. The Kier molecular flexibility index (Phi) is 6.07. The normalized spacial score (nSPS) is 15.6. The zero-order valence-electron chi connectivity index (χ0n) is 19.3. The van der Waals surface area contributed by atoms with E-state index in [1.165, 1.54) is 5.56 Å². The number of hydrogen-bond donors (Lipinski definition) is 0. The molecule has 0 unspecified atom stereocenters. The van der Waals surface area contributed by atoms with E-state index in [2.05, 4.69) is 45.6 Å². The van der Waals surface area contributed by atoms with Gasteiger partial charge in [-0.25, -0.2) is 18.4 Å². The Morgan fingerprint density at radius 3 is 2.32 bits per heavy atom. The van der Waals surface area contributed by atoms with E-state index in [4.69, 9.17) is 9.72 Å². The van der Waals surface area contributed by atoms with E-state index in [1.54, 1.807) is 41.9 Å². The van der Waals surface area contributed by atoms with Crippen molar-refractivity contribution in [1.29, 1.82) is 0 Å². The molecule has 2 aromatic carbocycles. The lowest BCUT2D eigenvalue weighted by molar-refractivity contribution is 0.177. The molecule has 0 radical (unpaired) electrons. The summed E-state index contributed by atoms with van der Waals surface area (Å²) in [4.78, 5) is 11.9. The van der Waals surface area contributed by atoms with Gasteiger partial charge in [0.05, 0.1) is 18.6 Å². The van der Waals surface area contributed by atoms with Crippen LogP contribution in [0, 0.1) is 6.92 Å². The maximum atomic E-state index is 13.1. The van der Waals surface area contributed by atoms with Gasteiger partial charge in [-0.05, 0) is 55.5 Å². The predicted octanol–water partition coefficient (Wildman–Crippen LogP) is 3.24. The average Bonchev–Trinajstić information content (AvgIpc) is 3.22. The Morgan fingerprint density at radius 1 is 0.941 bits per heavy atom. The Labute approximate surface area is 199 Å². The number of rotatable bonds is 6. The Bertz CT molecular complexity index is 1390. The number of ether oxygens (including phenoxy) is 1. The molecule has 1 saturated heterocycles. The highest BCUT2D eigenvalue weighted by atomic mass is 32.2. The molecule has 176 valence electrons. The van der Waals surface area contributed by atoms with Gasteiger partial charge < -0.3 is 4.74 Å². The van der Waals surface area contributed by atoms with Crippen LogP contribution in [-0.2, 0) is 16.6 Å². The van der Waals surface area contributed by atoms with Crippen LogP contribution in [0.15, 0.2) is 71.8 Å². The first-order chi connectivity index (χ1) is 16.5. The van der Waals surface area contributed by atoms with E-state index in [0.29, 0.717) is 38.5 Å². The molecule has 0 N–H and O–H groups in total. The molecule has 8 nitrogen and oxygen atoms in total. The van der Waals surface area contributed by atoms with Gasteiger partial charge in [-0.2, -0.15) is 4.31 Å². The Morgan fingerprint density at radius 2 is 1.65 bits per heavy atom. The fourth-order valence-electron chi connectivity index (χ4n) is 4.26. The van der Waals surface area contributed by atoms with Gasteiger partial charge in [0.25, 0.3) is 0 Å². The molecule has 1 fully saturated rings. The summed E-state index contributed by atoms with van der Waals surface area (Å²) in [5, 5.41) is 0. The van der Waals surface area contributed by atoms with Crippen LogP contribution in [0.2, 0.25) is 0 Å². The van der Waals surface area contributed by atoms with E-state index in [9.17, 15) is 8.42 Å². The summed E-state index contributed by atoms with van der Waals surface area (Å²) < 4.78 is 34.9. The molecule has 9 heteroatoms. The van der Waals surface area contributed by atoms with Gasteiger partial charge in [0.2, 0.25) is 10.0 Å². The number of pyridine rings is 1. The van der Waals surface area contributed by atoms with Crippen molar-refractivity contribution in [2.24, 2.45) is 0 Å². The second-order valence-corrected chi connectivity index (χ2v) is 10.3. The highest BCUT2D eigenvalue weighted by Gasteiger charge is 2.29. The van der Waals surface area contributed by atoms with Crippen molar-refractivity contribution in [3.8, 4) is 11.4 Å². The Balaban J connectivity index is 1.34. The van der Waals surface area contributed by atoms with Gasteiger partial charge >= 0.3 is 0 Å². The first kappa shape index (κ1) is 22.5. The van der Waals surface area contributed by atoms with Gasteiger partial charge in [0.1, 0.15) is 17.1 Å². The molecule has 1 aliphatic heterocycles. The third-order valence-electron chi connectivity index (χ3n) is 6.17. The van der Waals surface area contributed by atoms with E-state index >= 15 is 0 Å². The fourth-order valence-corrected chi connectivity index (χ4v) is 5.68. The molecule has 0 amide bonds. The molecule has 5 rings (SSSR count). The molecule has 2 aromatic heterocycles. The van der Waals surface area contributed by atoms with Crippen molar-refractivity contribution in [3.63, 3.8) is 0 Å². The van der Waals surface area contributed by atoms with Crippen LogP contribution in [0.1, 0.15) is 11.4 Å². The number of piperazine rings is 1. The van der Waals surface area contributed by atoms with Gasteiger partial charge in [-0.15, -0.1) is 0 Å². The minimum Gasteiger partial charge on any atom is -0.497 e. The first-order valence-electron chi connectivity index (χ1n) is 11.2. The number of sulfonamides is 1. The molecule has 3 heterocycles. The SMILES string of the molecule is COc1ccc(S(=O)(=O)N2CCN(Cc3nc4cccnc4n3-c3ccc(C)cc3)CC2)cc1. The molecular formula is C25H27N5O3S. The molecule has 0 atom stereocenters. The molecule has 4 aromatic rings. The molecule has 1 aliphatic rings. The lowest BCUT2D eigenvalue weighted by atomic mass is 10.2. The summed E-state index contributed by atoms with van der Waals surface area (Å²) in [7, 11) is -1.98. The molecule has 0 aliphatic carbocycles. The standard InChI is InChI=1S/C25H27N5O3S/c1-19-5-7-20(8-6-19)30-24(27-23-4-3-13-26-25(23)30)18-28-14-16-29(17-15-28)34(31,32)22-11-9-21(33-2)10-12-22/h3-13H,14-18H2,1-2H3. The second-order valence-electron chi connectivity index (χ2n) is 8.40. The number of methoxy groups -OCH3 is 1. The summed E-state index contributed by atoms with van der Waals surface area (Å²) in [5.41, 5.74) is 3.88. The van der Waals surface area contributed by atoms with Crippen LogP contribution in [0.3, 0.4) is 0 Å². The van der Waals surface area contributed by atoms with Crippen LogP contribution < -0.4 is 4.74 Å². The van der Waals surface area contributed by atoms with Gasteiger partial charge in [-0.3, -0.25) is 9.47 Å². The van der Waals surface area contributed by atoms with Crippen LogP contribution in [0.5, 0.6) is 5.75 Å². The zero-order chi connectivity index (χ0) is 23.7. The maximum Gasteiger partial charge on any atom is 0.243 e. The molecular weight excluding hydrogens is 450 g/mol. The quantitative estimate of drug-likeness (QED) is 0.424. The minimum atomic E-state index is -3.54. The largest absolute Gasteiger partial charge is 0.497 e. The smallest absolute Gasteiger partial charge is 0.243 e. The van der Waals surface area contributed by atoms with Crippen LogP contribution >= 0.6 is 0 Å². The molecule has 34 heavy (non-hydrogen) atoms. The number of aromatic nitrogens is 3. The van der Waals surface area contributed by atoms with Gasteiger partial charge in [0, 0.05) is 38.1 Å². The lowest BCUT2D eigenvalue weighted by Crippen LogP contribution is -2.48. The van der Waals surface area contributed by atoms with Crippen molar-refractivity contribution >= 4 is 21.2 Å². The van der Waals surface area contributed by atoms with Crippen molar-refractivity contribution in [3.05, 3.63) is 78.2 Å². The number of fused-ring (bicyclic) bond motifs is 1. The van der Waals surface area contributed by atoms with Crippen LogP contribution in [0.25, 0.3) is 16.9 Å². The fraction of sp³-hybridized carbons (Fsp3) is 0.280. The first-order valence-corrected chi connectivity index (χ1v) is 12.7. The van der Waals surface area contributed by atoms with Crippen molar-refractivity contribution in [2.75, 3.05) is 33.3 Å². The maximum absolute atomic E-state index is 13.1. The van der Waals surface area contributed by atoms with Gasteiger partial charge in [0.15, 0.2) is 5.65 Å². The molecule has 0 bridgehead atoms. The van der Waals surface area contributed by atoms with E-state index in [-0.39, 0.29) is 4.90 Å². The topological polar surface area (TPSA) is 80.6 Å². The third-order valence-corrected chi connectivity index (χ3v) is 8.08. The zero-order valence-corrected chi connectivity index (χ0v) is 20.1. The summed E-state index contributed by atoms with van der Waals surface area (Å²) in [5.74, 6) is 1.53.